The standard InChI is InChI=1S/C21H24O3/c1-3-4-9-14-24-20(22)21(15-23-2)18-12-7-5-10-16(18)17-11-6-8-13-19(17)21/h5-8,10-13H,3-4,9,14-15H2,1-2H3. The van der Waals surface area contributed by atoms with Crippen molar-refractivity contribution in [1.82, 2.24) is 0 Å². The monoisotopic (exact) mass is 324 g/mol. The number of fused-ring (bicyclic) bond motifs is 3. The summed E-state index contributed by atoms with van der Waals surface area (Å²) in [7, 11) is 1.63. The number of methoxy groups -OCH3 is 1. The van der Waals surface area contributed by atoms with E-state index < -0.39 is 5.41 Å². The van der Waals surface area contributed by atoms with Crippen LogP contribution in [0.5, 0.6) is 0 Å². The van der Waals surface area contributed by atoms with E-state index in [-0.39, 0.29) is 12.6 Å². The van der Waals surface area contributed by atoms with Crippen LogP contribution in [0.2, 0.25) is 0 Å². The minimum Gasteiger partial charge on any atom is -0.465 e. The van der Waals surface area contributed by atoms with E-state index >= 15 is 0 Å². The zero-order chi connectivity index (χ0) is 17.0. The van der Waals surface area contributed by atoms with Crippen LogP contribution in [-0.2, 0) is 19.7 Å². The first-order valence-corrected chi connectivity index (χ1v) is 8.61. The predicted molar refractivity (Wildman–Crippen MR) is 95.0 cm³/mol. The van der Waals surface area contributed by atoms with E-state index in [0.717, 1.165) is 41.5 Å². The van der Waals surface area contributed by atoms with Crippen LogP contribution in [0.1, 0.15) is 37.3 Å². The third-order valence-corrected chi connectivity index (χ3v) is 4.75. The second-order valence-electron chi connectivity index (χ2n) is 6.27. The maximum absolute atomic E-state index is 13.1. The second-order valence-corrected chi connectivity index (χ2v) is 6.27. The Kier molecular flexibility index (Phi) is 5.00. The number of ether oxygens (including phenoxy) is 2. The molecule has 3 nitrogen and oxygen atoms in total. The molecule has 3 heteroatoms. The summed E-state index contributed by atoms with van der Waals surface area (Å²) in [5.74, 6) is -0.210. The smallest absolute Gasteiger partial charge is 0.323 e. The van der Waals surface area contributed by atoms with Gasteiger partial charge < -0.3 is 9.47 Å². The van der Waals surface area contributed by atoms with E-state index in [2.05, 4.69) is 19.1 Å². The Morgan fingerprint density at radius 2 is 1.54 bits per heavy atom. The van der Waals surface area contributed by atoms with Crippen molar-refractivity contribution in [3.05, 3.63) is 59.7 Å². The molecular weight excluding hydrogens is 300 g/mol. The first-order chi connectivity index (χ1) is 11.8. The molecule has 2 aromatic carbocycles. The molecule has 0 saturated heterocycles. The van der Waals surface area contributed by atoms with E-state index in [1.807, 2.05) is 36.4 Å². The van der Waals surface area contributed by atoms with Gasteiger partial charge in [0.2, 0.25) is 0 Å². The zero-order valence-electron chi connectivity index (χ0n) is 14.4. The van der Waals surface area contributed by atoms with Gasteiger partial charge in [-0.3, -0.25) is 4.79 Å². The lowest BCUT2D eigenvalue weighted by Crippen LogP contribution is -2.41. The van der Waals surface area contributed by atoms with E-state index in [1.165, 1.54) is 0 Å². The summed E-state index contributed by atoms with van der Waals surface area (Å²) < 4.78 is 11.2. The fraction of sp³-hybridized carbons (Fsp3) is 0.381. The van der Waals surface area contributed by atoms with Crippen LogP contribution in [0.3, 0.4) is 0 Å². The molecule has 24 heavy (non-hydrogen) atoms. The lowest BCUT2D eigenvalue weighted by atomic mass is 9.79. The minimum atomic E-state index is -0.867. The minimum absolute atomic E-state index is 0.210. The Morgan fingerprint density at radius 1 is 0.958 bits per heavy atom. The molecule has 0 saturated carbocycles. The van der Waals surface area contributed by atoms with Gasteiger partial charge in [-0.1, -0.05) is 68.3 Å². The first kappa shape index (κ1) is 16.7. The molecule has 1 aliphatic carbocycles. The Balaban J connectivity index is 2.04. The number of benzene rings is 2. The highest BCUT2D eigenvalue weighted by molar-refractivity contribution is 5.98. The van der Waals surface area contributed by atoms with Gasteiger partial charge in [-0.25, -0.2) is 0 Å². The average molecular weight is 324 g/mol. The molecule has 0 N–H and O–H groups in total. The molecule has 0 unspecified atom stereocenters. The fourth-order valence-corrected chi connectivity index (χ4v) is 3.62. The molecule has 126 valence electrons. The van der Waals surface area contributed by atoms with E-state index in [4.69, 9.17) is 9.47 Å². The molecule has 0 radical (unpaired) electrons. The predicted octanol–water partition coefficient (Wildman–Crippen LogP) is 4.33. The molecule has 0 aliphatic heterocycles. The highest BCUT2D eigenvalue weighted by Gasteiger charge is 2.50. The number of hydrogen-bond donors (Lipinski definition) is 0. The van der Waals surface area contributed by atoms with Gasteiger partial charge in [0.25, 0.3) is 0 Å². The molecule has 3 rings (SSSR count). The van der Waals surface area contributed by atoms with Crippen molar-refractivity contribution in [3.8, 4) is 11.1 Å². The molecule has 1 aliphatic rings. The van der Waals surface area contributed by atoms with Crippen LogP contribution < -0.4 is 0 Å². The van der Waals surface area contributed by atoms with Crippen molar-refractivity contribution < 1.29 is 14.3 Å². The van der Waals surface area contributed by atoms with E-state index in [9.17, 15) is 4.79 Å². The van der Waals surface area contributed by atoms with Gasteiger partial charge in [0.05, 0.1) is 13.2 Å². The molecule has 0 amide bonds. The van der Waals surface area contributed by atoms with Crippen LogP contribution in [0.25, 0.3) is 11.1 Å². The maximum atomic E-state index is 13.1. The van der Waals surface area contributed by atoms with E-state index in [1.54, 1.807) is 7.11 Å². The number of unbranched alkanes of at least 4 members (excludes halogenated alkanes) is 2. The molecule has 0 fully saturated rings. The van der Waals surface area contributed by atoms with Crippen LogP contribution in [0, 0.1) is 0 Å². The maximum Gasteiger partial charge on any atom is 0.323 e. The van der Waals surface area contributed by atoms with E-state index in [0.29, 0.717) is 6.61 Å². The molecular formula is C21H24O3. The summed E-state index contributed by atoms with van der Waals surface area (Å²) in [6.07, 6.45) is 3.07. The summed E-state index contributed by atoms with van der Waals surface area (Å²) in [5, 5.41) is 0. The number of rotatable bonds is 7. The van der Waals surface area contributed by atoms with Crippen molar-refractivity contribution in [2.24, 2.45) is 0 Å². The van der Waals surface area contributed by atoms with Crippen molar-refractivity contribution in [2.75, 3.05) is 20.3 Å². The van der Waals surface area contributed by atoms with Gasteiger partial charge in [-0.2, -0.15) is 0 Å². The summed E-state index contributed by atoms with van der Waals surface area (Å²) in [6, 6.07) is 16.1. The fourth-order valence-electron chi connectivity index (χ4n) is 3.62. The zero-order valence-corrected chi connectivity index (χ0v) is 14.4. The molecule has 2 aromatic rings. The van der Waals surface area contributed by atoms with Gasteiger partial charge in [-0.15, -0.1) is 0 Å². The number of carbonyl (C=O) groups is 1. The summed E-state index contributed by atoms with van der Waals surface area (Å²) in [5.41, 5.74) is 3.28. The SMILES string of the molecule is CCCCCOC(=O)C1(COC)c2ccccc2-c2ccccc21. The van der Waals surface area contributed by atoms with Crippen molar-refractivity contribution in [3.63, 3.8) is 0 Å². The largest absolute Gasteiger partial charge is 0.465 e. The molecule has 0 bridgehead atoms. The van der Waals surface area contributed by atoms with Crippen molar-refractivity contribution >= 4 is 5.97 Å². The topological polar surface area (TPSA) is 35.5 Å². The number of esters is 1. The summed E-state index contributed by atoms with van der Waals surface area (Å²) in [6.45, 7) is 2.88. The Morgan fingerprint density at radius 3 is 2.08 bits per heavy atom. The van der Waals surface area contributed by atoms with Crippen LogP contribution in [0.15, 0.2) is 48.5 Å². The molecule has 0 aromatic heterocycles. The third-order valence-electron chi connectivity index (χ3n) is 4.75. The third kappa shape index (κ3) is 2.63. The molecule has 0 spiro atoms. The summed E-state index contributed by atoms with van der Waals surface area (Å²) in [4.78, 5) is 13.1. The van der Waals surface area contributed by atoms with Crippen LogP contribution in [0.4, 0.5) is 0 Å². The second kappa shape index (κ2) is 7.18. The lowest BCUT2D eigenvalue weighted by Gasteiger charge is -2.29. The van der Waals surface area contributed by atoms with Gasteiger partial charge in [0.1, 0.15) is 5.41 Å². The van der Waals surface area contributed by atoms with Crippen LogP contribution >= 0.6 is 0 Å². The first-order valence-electron chi connectivity index (χ1n) is 8.61. The molecule has 0 heterocycles. The van der Waals surface area contributed by atoms with Crippen LogP contribution in [-0.4, -0.2) is 26.3 Å². The Hall–Kier alpha value is -2.13. The molecule has 0 atom stereocenters. The average Bonchev–Trinajstić information content (AvgIpc) is 2.91. The Bertz CT molecular complexity index is 675. The lowest BCUT2D eigenvalue weighted by molar-refractivity contribution is -0.150. The number of carbonyl (C=O) groups excluding carboxylic acids is 1. The highest BCUT2D eigenvalue weighted by atomic mass is 16.5. The number of hydrogen-bond acceptors (Lipinski definition) is 3. The van der Waals surface area contributed by atoms with Gasteiger partial charge in [0.15, 0.2) is 0 Å². The van der Waals surface area contributed by atoms with Crippen molar-refractivity contribution in [2.45, 2.75) is 31.6 Å². The van der Waals surface area contributed by atoms with Crippen molar-refractivity contribution in [1.29, 1.82) is 0 Å². The van der Waals surface area contributed by atoms with Gasteiger partial charge in [-0.05, 0) is 28.7 Å². The van der Waals surface area contributed by atoms with Gasteiger partial charge >= 0.3 is 5.97 Å². The highest BCUT2D eigenvalue weighted by Crippen LogP contribution is 2.49. The normalized spacial score (nSPS) is 14.1. The Labute approximate surface area is 143 Å². The van der Waals surface area contributed by atoms with Gasteiger partial charge in [0, 0.05) is 7.11 Å². The quantitative estimate of drug-likeness (QED) is 0.561. The summed E-state index contributed by atoms with van der Waals surface area (Å²) >= 11 is 0.